The van der Waals surface area contributed by atoms with Crippen molar-refractivity contribution in [3.05, 3.63) is 53.7 Å². The Morgan fingerprint density at radius 3 is 2.71 bits per heavy atom. The fraction of sp³-hybridized carbons (Fsp3) is 0.0769. The summed E-state index contributed by atoms with van der Waals surface area (Å²) in [5.74, 6) is -0.238. The largest absolute Gasteiger partial charge is 0.478 e. The van der Waals surface area contributed by atoms with Gasteiger partial charge in [0.25, 0.3) is 0 Å². The topological polar surface area (TPSA) is 62.2 Å². The molecule has 17 heavy (non-hydrogen) atoms. The van der Waals surface area contributed by atoms with Crippen molar-refractivity contribution in [3.63, 3.8) is 0 Å². The van der Waals surface area contributed by atoms with Crippen molar-refractivity contribution in [3.8, 4) is 0 Å². The van der Waals surface area contributed by atoms with Gasteiger partial charge in [0.2, 0.25) is 0 Å². The predicted molar refractivity (Wildman–Crippen MR) is 65.7 cm³/mol. The Morgan fingerprint density at radius 1 is 1.24 bits per heavy atom. The summed E-state index contributed by atoms with van der Waals surface area (Å²) in [4.78, 5) is 15.1. The fourth-order valence-electron chi connectivity index (χ4n) is 1.49. The SMILES string of the molecule is Cc1cccc(Nc2cccc(C(=O)O)c2)n1. The van der Waals surface area contributed by atoms with Crippen LogP contribution < -0.4 is 5.32 Å². The number of pyridine rings is 1. The van der Waals surface area contributed by atoms with Gasteiger partial charge in [0.1, 0.15) is 5.82 Å². The zero-order valence-corrected chi connectivity index (χ0v) is 9.34. The number of carboxylic acid groups (broad SMARTS) is 1. The van der Waals surface area contributed by atoms with Crippen molar-refractivity contribution in [2.24, 2.45) is 0 Å². The molecule has 0 saturated heterocycles. The molecule has 0 unspecified atom stereocenters. The summed E-state index contributed by atoms with van der Waals surface area (Å²) >= 11 is 0. The molecule has 4 nitrogen and oxygen atoms in total. The molecule has 2 rings (SSSR count). The van der Waals surface area contributed by atoms with Crippen LogP contribution in [0.2, 0.25) is 0 Å². The van der Waals surface area contributed by atoms with E-state index >= 15 is 0 Å². The first-order valence-electron chi connectivity index (χ1n) is 5.19. The Balaban J connectivity index is 2.24. The van der Waals surface area contributed by atoms with Crippen LogP contribution in [0, 0.1) is 6.92 Å². The van der Waals surface area contributed by atoms with E-state index < -0.39 is 5.97 Å². The molecule has 0 radical (unpaired) electrons. The maximum absolute atomic E-state index is 10.8. The molecule has 0 atom stereocenters. The standard InChI is InChI=1S/C13H12N2O2/c1-9-4-2-7-12(14-9)15-11-6-3-5-10(8-11)13(16)17/h2-8H,1H3,(H,14,15)(H,16,17). The highest BCUT2D eigenvalue weighted by Crippen LogP contribution is 2.16. The molecular weight excluding hydrogens is 216 g/mol. The number of aromatic nitrogens is 1. The van der Waals surface area contributed by atoms with Crippen molar-refractivity contribution in [2.75, 3.05) is 5.32 Å². The monoisotopic (exact) mass is 228 g/mol. The number of aromatic carboxylic acids is 1. The first-order chi connectivity index (χ1) is 8.15. The molecule has 1 aromatic heterocycles. The molecule has 0 aliphatic rings. The van der Waals surface area contributed by atoms with Gasteiger partial charge in [0.15, 0.2) is 0 Å². The van der Waals surface area contributed by atoms with E-state index in [-0.39, 0.29) is 5.56 Å². The quantitative estimate of drug-likeness (QED) is 0.847. The molecule has 2 aromatic rings. The molecular formula is C13H12N2O2. The predicted octanol–water partition coefficient (Wildman–Crippen LogP) is 2.83. The summed E-state index contributed by atoms with van der Waals surface area (Å²) in [5, 5.41) is 11.9. The lowest BCUT2D eigenvalue weighted by Gasteiger charge is -2.06. The van der Waals surface area contributed by atoms with Crippen molar-refractivity contribution < 1.29 is 9.90 Å². The molecule has 0 saturated carbocycles. The van der Waals surface area contributed by atoms with E-state index in [0.29, 0.717) is 11.5 Å². The van der Waals surface area contributed by atoms with Gasteiger partial charge in [-0.1, -0.05) is 12.1 Å². The molecule has 4 heteroatoms. The van der Waals surface area contributed by atoms with Gasteiger partial charge in [-0.15, -0.1) is 0 Å². The van der Waals surface area contributed by atoms with Crippen LogP contribution >= 0.6 is 0 Å². The average Bonchev–Trinajstić information content (AvgIpc) is 2.29. The van der Waals surface area contributed by atoms with Crippen molar-refractivity contribution in [2.45, 2.75) is 6.92 Å². The number of anilines is 2. The van der Waals surface area contributed by atoms with Crippen LogP contribution in [0.25, 0.3) is 0 Å². The summed E-state index contributed by atoms with van der Waals surface area (Å²) in [7, 11) is 0. The number of carboxylic acids is 1. The lowest BCUT2D eigenvalue weighted by atomic mass is 10.2. The summed E-state index contributed by atoms with van der Waals surface area (Å²) in [5.41, 5.74) is 1.87. The zero-order chi connectivity index (χ0) is 12.3. The van der Waals surface area contributed by atoms with Gasteiger partial charge in [-0.05, 0) is 37.3 Å². The number of hydrogen-bond donors (Lipinski definition) is 2. The summed E-state index contributed by atoms with van der Waals surface area (Å²) in [6, 6.07) is 12.3. The van der Waals surface area contributed by atoms with E-state index in [1.54, 1.807) is 24.3 Å². The zero-order valence-electron chi connectivity index (χ0n) is 9.34. The third-order valence-corrected chi connectivity index (χ3v) is 2.27. The molecule has 86 valence electrons. The van der Waals surface area contributed by atoms with Gasteiger partial charge in [0, 0.05) is 11.4 Å². The second kappa shape index (κ2) is 4.65. The fourth-order valence-corrected chi connectivity index (χ4v) is 1.49. The Morgan fingerprint density at radius 2 is 2.00 bits per heavy atom. The van der Waals surface area contributed by atoms with Crippen molar-refractivity contribution in [1.29, 1.82) is 0 Å². The molecule has 1 aromatic carbocycles. The number of nitrogens with zero attached hydrogens (tertiary/aromatic N) is 1. The lowest BCUT2D eigenvalue weighted by molar-refractivity contribution is 0.0697. The first-order valence-corrected chi connectivity index (χ1v) is 5.19. The minimum atomic E-state index is -0.939. The maximum atomic E-state index is 10.8. The third kappa shape index (κ3) is 2.81. The normalized spacial score (nSPS) is 9.94. The lowest BCUT2D eigenvalue weighted by Crippen LogP contribution is -1.99. The second-order valence-electron chi connectivity index (χ2n) is 3.68. The highest BCUT2D eigenvalue weighted by Gasteiger charge is 2.03. The van der Waals surface area contributed by atoms with E-state index in [1.807, 2.05) is 25.1 Å². The van der Waals surface area contributed by atoms with E-state index in [9.17, 15) is 4.79 Å². The highest BCUT2D eigenvalue weighted by atomic mass is 16.4. The molecule has 2 N–H and O–H groups in total. The molecule has 0 spiro atoms. The smallest absolute Gasteiger partial charge is 0.335 e. The Kier molecular flexibility index (Phi) is 3.05. The molecule has 0 aliphatic heterocycles. The average molecular weight is 228 g/mol. The van der Waals surface area contributed by atoms with Gasteiger partial charge in [-0.25, -0.2) is 9.78 Å². The molecule has 0 bridgehead atoms. The van der Waals surface area contributed by atoms with Crippen LogP contribution in [-0.2, 0) is 0 Å². The molecule has 0 aliphatic carbocycles. The van der Waals surface area contributed by atoms with Crippen LogP contribution in [0.3, 0.4) is 0 Å². The number of carbonyl (C=O) groups is 1. The van der Waals surface area contributed by atoms with E-state index in [1.165, 1.54) is 0 Å². The van der Waals surface area contributed by atoms with E-state index in [2.05, 4.69) is 10.3 Å². The third-order valence-electron chi connectivity index (χ3n) is 2.27. The minimum Gasteiger partial charge on any atom is -0.478 e. The number of rotatable bonds is 3. The van der Waals surface area contributed by atoms with Gasteiger partial charge < -0.3 is 10.4 Å². The van der Waals surface area contributed by atoms with Crippen molar-refractivity contribution in [1.82, 2.24) is 4.98 Å². The van der Waals surface area contributed by atoms with Crippen LogP contribution in [0.1, 0.15) is 16.1 Å². The number of hydrogen-bond acceptors (Lipinski definition) is 3. The van der Waals surface area contributed by atoms with Crippen LogP contribution in [0.4, 0.5) is 11.5 Å². The van der Waals surface area contributed by atoms with E-state index in [0.717, 1.165) is 5.69 Å². The summed E-state index contributed by atoms with van der Waals surface area (Å²) < 4.78 is 0. The molecule has 1 heterocycles. The number of benzene rings is 1. The number of aryl methyl sites for hydroxylation is 1. The Hall–Kier alpha value is -2.36. The minimum absolute atomic E-state index is 0.252. The summed E-state index contributed by atoms with van der Waals surface area (Å²) in [6.07, 6.45) is 0. The van der Waals surface area contributed by atoms with Crippen LogP contribution in [0.5, 0.6) is 0 Å². The first kappa shape index (κ1) is 11.1. The molecule has 0 fully saturated rings. The van der Waals surface area contributed by atoms with Gasteiger partial charge in [0.05, 0.1) is 5.56 Å². The second-order valence-corrected chi connectivity index (χ2v) is 3.68. The van der Waals surface area contributed by atoms with Gasteiger partial charge in [-0.3, -0.25) is 0 Å². The maximum Gasteiger partial charge on any atom is 0.335 e. The van der Waals surface area contributed by atoms with Gasteiger partial charge >= 0.3 is 5.97 Å². The number of nitrogens with one attached hydrogen (secondary N) is 1. The molecule has 0 amide bonds. The Labute approximate surface area is 98.9 Å². The Bertz CT molecular complexity index is 553. The van der Waals surface area contributed by atoms with Crippen molar-refractivity contribution >= 4 is 17.5 Å². The van der Waals surface area contributed by atoms with Gasteiger partial charge in [-0.2, -0.15) is 0 Å². The van der Waals surface area contributed by atoms with E-state index in [4.69, 9.17) is 5.11 Å². The van der Waals surface area contributed by atoms with Crippen LogP contribution in [-0.4, -0.2) is 16.1 Å². The highest BCUT2D eigenvalue weighted by molar-refractivity contribution is 5.89. The summed E-state index contributed by atoms with van der Waals surface area (Å²) in [6.45, 7) is 1.90. The van der Waals surface area contributed by atoms with Crippen LogP contribution in [0.15, 0.2) is 42.5 Å².